The van der Waals surface area contributed by atoms with Crippen LogP contribution in [0.2, 0.25) is 0 Å². The fourth-order valence-electron chi connectivity index (χ4n) is 10.8. The highest BCUT2D eigenvalue weighted by Gasteiger charge is 2.20. The molecule has 0 saturated carbocycles. The highest BCUT2D eigenvalue weighted by atomic mass is 32.1. The molecule has 15 rings (SSSR count). The first kappa shape index (κ1) is 39.3. The molecule has 15 aromatic rings. The van der Waals surface area contributed by atoms with Crippen LogP contribution in [0.1, 0.15) is 0 Å². The molecule has 0 atom stereocenters. The van der Waals surface area contributed by atoms with Crippen LogP contribution in [0.3, 0.4) is 0 Å². The smallest absolute Gasteiger partial charge is 0.164 e. The van der Waals surface area contributed by atoms with Crippen molar-refractivity contribution >= 4 is 107 Å². The molecule has 5 nitrogen and oxygen atoms in total. The number of hydrogen-bond acceptors (Lipinski definition) is 5. The summed E-state index contributed by atoms with van der Waals surface area (Å²) in [4.78, 5) is 15.1. The van der Waals surface area contributed by atoms with Crippen LogP contribution >= 0.6 is 22.7 Å². The Balaban J connectivity index is 0.864. The molecule has 0 bridgehead atoms. The maximum absolute atomic E-state index is 5.06. The van der Waals surface area contributed by atoms with Crippen molar-refractivity contribution in [3.05, 3.63) is 224 Å². The Labute approximate surface area is 409 Å². The minimum absolute atomic E-state index is 0.650. The largest absolute Gasteiger partial charge is 0.309 e. The number of rotatable bonds is 6. The minimum atomic E-state index is 0.650. The third-order valence-corrected chi connectivity index (χ3v) is 16.3. The molecule has 0 amide bonds. The van der Waals surface area contributed by atoms with E-state index in [0.717, 1.165) is 33.6 Å². The van der Waals surface area contributed by atoms with Crippen LogP contribution in [-0.2, 0) is 0 Å². The number of nitrogens with zero attached hydrogens (tertiary/aromatic N) is 5. The van der Waals surface area contributed by atoms with E-state index in [1.165, 1.54) is 89.6 Å². The summed E-state index contributed by atoms with van der Waals surface area (Å²) in [5.41, 5.74) is 12.3. The van der Waals surface area contributed by atoms with Gasteiger partial charge >= 0.3 is 0 Å². The summed E-state index contributed by atoms with van der Waals surface area (Å²) >= 11 is 3.70. The van der Waals surface area contributed by atoms with Crippen molar-refractivity contribution in [2.45, 2.75) is 0 Å². The van der Waals surface area contributed by atoms with Crippen molar-refractivity contribution in [2.75, 3.05) is 0 Å². The standard InChI is InChI=1S/C63H37N5S2/c1-3-14-38(15-4-1)61-64-62(39-16-5-2-6-17-39)66-63(65-61)41-27-32-58-51(35-41)52-37-43(29-33-59(52)69-58)68-54-24-11-8-19-46(54)50-36-42(28-31-56(50)68)67-53-23-10-7-18-45(53)49-34-40(26-30-55(49)67)44-21-13-22-48-47-20-9-12-25-57(47)70-60(44)48/h1-37H. The van der Waals surface area contributed by atoms with Crippen LogP contribution in [-0.4, -0.2) is 24.1 Å². The summed E-state index contributed by atoms with van der Waals surface area (Å²) in [6.07, 6.45) is 0. The molecule has 0 N–H and O–H groups in total. The van der Waals surface area contributed by atoms with Crippen LogP contribution in [0.25, 0.3) is 141 Å². The molecular weight excluding hydrogens is 891 g/mol. The van der Waals surface area contributed by atoms with Crippen molar-refractivity contribution in [1.29, 1.82) is 0 Å². The van der Waals surface area contributed by atoms with E-state index in [2.05, 4.69) is 197 Å². The van der Waals surface area contributed by atoms with E-state index in [-0.39, 0.29) is 0 Å². The predicted molar refractivity (Wildman–Crippen MR) is 296 cm³/mol. The summed E-state index contributed by atoms with van der Waals surface area (Å²) in [6, 6.07) is 81.0. The summed E-state index contributed by atoms with van der Waals surface area (Å²) in [7, 11) is 0. The number of thiophene rings is 2. The average Bonchev–Trinajstić information content (AvgIpc) is 4.18. The average molecular weight is 928 g/mol. The first-order chi connectivity index (χ1) is 34.7. The van der Waals surface area contributed by atoms with E-state index in [9.17, 15) is 0 Å². The fourth-order valence-corrected chi connectivity index (χ4v) is 13.1. The van der Waals surface area contributed by atoms with Gasteiger partial charge in [-0.05, 0) is 96.1 Å². The van der Waals surface area contributed by atoms with Gasteiger partial charge in [0, 0.05) is 90.0 Å². The van der Waals surface area contributed by atoms with E-state index in [1.54, 1.807) is 0 Å². The number of aromatic nitrogens is 5. The van der Waals surface area contributed by atoms with Gasteiger partial charge in [0.2, 0.25) is 0 Å². The maximum atomic E-state index is 5.06. The lowest BCUT2D eigenvalue weighted by atomic mass is 10.0. The Bertz CT molecular complexity index is 4540. The van der Waals surface area contributed by atoms with Gasteiger partial charge in [0.15, 0.2) is 17.5 Å². The van der Waals surface area contributed by atoms with Crippen molar-refractivity contribution < 1.29 is 0 Å². The lowest BCUT2D eigenvalue weighted by Crippen LogP contribution is -2.00. The molecule has 0 aliphatic rings. The third-order valence-electron chi connectivity index (χ3n) is 14.0. The zero-order chi connectivity index (χ0) is 45.9. The van der Waals surface area contributed by atoms with E-state index in [4.69, 9.17) is 15.0 Å². The Morgan fingerprint density at radius 2 is 0.729 bits per heavy atom. The van der Waals surface area contributed by atoms with Crippen LogP contribution in [0, 0.1) is 0 Å². The maximum Gasteiger partial charge on any atom is 0.164 e. The van der Waals surface area contributed by atoms with Gasteiger partial charge in [0.25, 0.3) is 0 Å². The Morgan fingerprint density at radius 1 is 0.271 bits per heavy atom. The van der Waals surface area contributed by atoms with Crippen molar-refractivity contribution in [3.8, 4) is 56.7 Å². The molecule has 0 saturated heterocycles. The summed E-state index contributed by atoms with van der Waals surface area (Å²) in [5.74, 6) is 1.96. The van der Waals surface area contributed by atoms with Gasteiger partial charge in [-0.15, -0.1) is 22.7 Å². The van der Waals surface area contributed by atoms with Crippen molar-refractivity contribution in [2.24, 2.45) is 0 Å². The zero-order valence-electron chi connectivity index (χ0n) is 37.4. The summed E-state index contributed by atoms with van der Waals surface area (Å²) in [5, 5.41) is 9.94. The van der Waals surface area contributed by atoms with Gasteiger partial charge in [-0.25, -0.2) is 15.0 Å². The second-order valence-electron chi connectivity index (χ2n) is 18.0. The Hall–Kier alpha value is -8.75. The SMILES string of the molecule is c1ccc(-c2nc(-c3ccccc3)nc(-c3ccc4sc5ccc(-n6c7ccccc7c7cc(-n8c9ccccc9c9cc(-c%10cccc%11c%10sc%10ccccc%10%11)ccc98)ccc76)cc5c4c3)n2)cc1. The van der Waals surface area contributed by atoms with E-state index in [0.29, 0.717) is 17.5 Å². The zero-order valence-corrected chi connectivity index (χ0v) is 39.0. The second kappa shape index (κ2) is 15.4. The number of hydrogen-bond donors (Lipinski definition) is 0. The monoisotopic (exact) mass is 927 g/mol. The third kappa shape index (κ3) is 6.05. The number of para-hydroxylation sites is 2. The minimum Gasteiger partial charge on any atom is -0.309 e. The first-order valence-electron chi connectivity index (χ1n) is 23.5. The quantitative estimate of drug-likeness (QED) is 0.167. The van der Waals surface area contributed by atoms with E-state index in [1.807, 2.05) is 59.1 Å². The lowest BCUT2D eigenvalue weighted by molar-refractivity contribution is 1.07. The molecule has 0 unspecified atom stereocenters. The van der Waals surface area contributed by atoms with Gasteiger partial charge in [-0.3, -0.25) is 0 Å². The predicted octanol–water partition coefficient (Wildman–Crippen LogP) is 17.5. The Morgan fingerprint density at radius 3 is 1.41 bits per heavy atom. The van der Waals surface area contributed by atoms with Gasteiger partial charge in [-0.1, -0.05) is 140 Å². The van der Waals surface area contributed by atoms with Gasteiger partial charge < -0.3 is 9.13 Å². The van der Waals surface area contributed by atoms with Crippen LogP contribution in [0.4, 0.5) is 0 Å². The molecule has 5 heterocycles. The molecule has 0 radical (unpaired) electrons. The van der Waals surface area contributed by atoms with E-state index >= 15 is 0 Å². The Kier molecular flexibility index (Phi) is 8.63. The van der Waals surface area contributed by atoms with Crippen molar-refractivity contribution in [3.63, 3.8) is 0 Å². The van der Waals surface area contributed by atoms with Crippen LogP contribution < -0.4 is 0 Å². The topological polar surface area (TPSA) is 48.5 Å². The van der Waals surface area contributed by atoms with E-state index < -0.39 is 0 Å². The van der Waals surface area contributed by atoms with Crippen LogP contribution in [0.15, 0.2) is 224 Å². The van der Waals surface area contributed by atoms with Crippen LogP contribution in [0.5, 0.6) is 0 Å². The first-order valence-corrected chi connectivity index (χ1v) is 25.1. The molecule has 7 heteroatoms. The summed E-state index contributed by atoms with van der Waals surface area (Å²) in [6.45, 7) is 0. The highest BCUT2D eigenvalue weighted by Crippen LogP contribution is 2.44. The highest BCUT2D eigenvalue weighted by molar-refractivity contribution is 7.26. The van der Waals surface area contributed by atoms with Gasteiger partial charge in [0.1, 0.15) is 0 Å². The molecule has 0 aliphatic heterocycles. The normalized spacial score (nSPS) is 12.0. The summed E-state index contributed by atoms with van der Waals surface area (Å²) < 4.78 is 9.98. The molecule has 5 aromatic heterocycles. The molecular formula is C63H37N5S2. The molecule has 10 aromatic carbocycles. The second-order valence-corrected chi connectivity index (χ2v) is 20.1. The number of benzene rings is 10. The van der Waals surface area contributed by atoms with Gasteiger partial charge in [0.05, 0.1) is 22.1 Å². The molecule has 0 spiro atoms. The molecule has 0 aliphatic carbocycles. The number of fused-ring (bicyclic) bond motifs is 12. The molecule has 326 valence electrons. The van der Waals surface area contributed by atoms with Gasteiger partial charge in [-0.2, -0.15) is 0 Å². The van der Waals surface area contributed by atoms with Crippen molar-refractivity contribution in [1.82, 2.24) is 24.1 Å². The fraction of sp³-hybridized carbons (Fsp3) is 0. The molecule has 0 fully saturated rings. The lowest BCUT2D eigenvalue weighted by Gasteiger charge is -2.11. The molecule has 70 heavy (non-hydrogen) atoms.